The third-order valence-corrected chi connectivity index (χ3v) is 2.94. The molecule has 3 aromatic rings. The minimum Gasteiger partial charge on any atom is -0.351 e. The Kier molecular flexibility index (Phi) is 2.76. The number of benzene rings is 1. The van der Waals surface area contributed by atoms with Crippen molar-refractivity contribution in [3.63, 3.8) is 0 Å². The summed E-state index contributed by atoms with van der Waals surface area (Å²) in [6, 6.07) is 13.3. The lowest BCUT2D eigenvalue weighted by Crippen LogP contribution is -2.12. The number of carbonyl (C=O) groups excluding carboxylic acids is 1. The summed E-state index contributed by atoms with van der Waals surface area (Å²) in [5.41, 5.74) is 3.11. The summed E-state index contributed by atoms with van der Waals surface area (Å²) in [6.45, 7) is 1.91. The lowest BCUT2D eigenvalue weighted by atomic mass is 10.2. The molecule has 4 heteroatoms. The first-order valence-corrected chi connectivity index (χ1v) is 6.04. The van der Waals surface area contributed by atoms with Crippen LogP contribution >= 0.6 is 0 Å². The van der Waals surface area contributed by atoms with Gasteiger partial charge in [0, 0.05) is 16.6 Å². The van der Waals surface area contributed by atoms with E-state index >= 15 is 0 Å². The molecule has 2 N–H and O–H groups in total. The van der Waals surface area contributed by atoms with E-state index in [0.29, 0.717) is 11.4 Å². The average molecular weight is 251 g/mol. The molecule has 3 rings (SSSR count). The largest absolute Gasteiger partial charge is 0.351 e. The van der Waals surface area contributed by atoms with Crippen molar-refractivity contribution in [3.8, 4) is 0 Å². The fourth-order valence-electron chi connectivity index (χ4n) is 1.94. The van der Waals surface area contributed by atoms with Crippen LogP contribution < -0.4 is 5.32 Å². The molecule has 4 nitrogen and oxygen atoms in total. The van der Waals surface area contributed by atoms with Crippen LogP contribution in [0, 0.1) is 6.92 Å². The topological polar surface area (TPSA) is 57.8 Å². The Morgan fingerprint density at radius 3 is 2.79 bits per heavy atom. The lowest BCUT2D eigenvalue weighted by Gasteiger charge is -2.03. The normalized spacial score (nSPS) is 10.6. The van der Waals surface area contributed by atoms with Crippen LogP contribution in [-0.4, -0.2) is 15.9 Å². The first-order chi connectivity index (χ1) is 9.22. The molecule has 0 saturated carbocycles. The maximum atomic E-state index is 12.1. The van der Waals surface area contributed by atoms with E-state index < -0.39 is 0 Å². The zero-order valence-electron chi connectivity index (χ0n) is 10.5. The van der Waals surface area contributed by atoms with Gasteiger partial charge in [-0.2, -0.15) is 0 Å². The number of H-pyrrole nitrogens is 1. The Morgan fingerprint density at radius 1 is 1.21 bits per heavy atom. The van der Waals surface area contributed by atoms with Crippen molar-refractivity contribution in [2.24, 2.45) is 0 Å². The number of pyridine rings is 1. The molecule has 94 valence electrons. The van der Waals surface area contributed by atoms with Gasteiger partial charge >= 0.3 is 0 Å². The predicted molar refractivity (Wildman–Crippen MR) is 75.2 cm³/mol. The van der Waals surface area contributed by atoms with Crippen LogP contribution in [0.2, 0.25) is 0 Å². The smallest absolute Gasteiger partial charge is 0.272 e. The van der Waals surface area contributed by atoms with Gasteiger partial charge in [-0.05, 0) is 31.2 Å². The zero-order chi connectivity index (χ0) is 13.2. The number of anilines is 1. The molecular weight excluding hydrogens is 238 g/mol. The van der Waals surface area contributed by atoms with Gasteiger partial charge in [0.25, 0.3) is 5.91 Å². The zero-order valence-corrected chi connectivity index (χ0v) is 10.5. The maximum Gasteiger partial charge on any atom is 0.272 e. The molecule has 2 heterocycles. The Balaban J connectivity index is 1.85. The van der Waals surface area contributed by atoms with E-state index in [1.54, 1.807) is 6.20 Å². The Bertz CT molecular complexity index is 695. The van der Waals surface area contributed by atoms with E-state index in [-0.39, 0.29) is 5.91 Å². The average Bonchev–Trinajstić information content (AvgIpc) is 2.85. The fraction of sp³-hybridized carbons (Fsp3) is 0.0667. The number of fused-ring (bicyclic) bond motifs is 1. The number of aromatic nitrogens is 2. The third kappa shape index (κ3) is 2.33. The van der Waals surface area contributed by atoms with E-state index in [0.717, 1.165) is 16.6 Å². The number of rotatable bonds is 2. The standard InChI is InChI=1S/C15H13N3O/c1-10-6-7-12(9-16-10)17-15(19)14-8-11-4-2-3-5-13(11)18-14/h2-9,18H,1H3,(H,17,19). The Hall–Kier alpha value is -2.62. The molecule has 0 spiro atoms. The van der Waals surface area contributed by atoms with Gasteiger partial charge in [0.2, 0.25) is 0 Å². The van der Waals surface area contributed by atoms with Crippen LogP contribution in [-0.2, 0) is 0 Å². The number of aryl methyl sites for hydroxylation is 1. The summed E-state index contributed by atoms with van der Waals surface area (Å²) < 4.78 is 0. The quantitative estimate of drug-likeness (QED) is 0.735. The van der Waals surface area contributed by atoms with E-state index in [1.165, 1.54) is 0 Å². The van der Waals surface area contributed by atoms with Gasteiger partial charge in [0.1, 0.15) is 5.69 Å². The first kappa shape index (κ1) is 11.5. The summed E-state index contributed by atoms with van der Waals surface area (Å²) >= 11 is 0. The lowest BCUT2D eigenvalue weighted by molar-refractivity contribution is 0.102. The number of para-hydroxylation sites is 1. The van der Waals surface area contributed by atoms with Crippen molar-refractivity contribution >= 4 is 22.5 Å². The van der Waals surface area contributed by atoms with Gasteiger partial charge in [-0.25, -0.2) is 0 Å². The summed E-state index contributed by atoms with van der Waals surface area (Å²) in [6.07, 6.45) is 1.65. The van der Waals surface area contributed by atoms with Crippen LogP contribution in [0.4, 0.5) is 5.69 Å². The number of aromatic amines is 1. The second kappa shape index (κ2) is 4.57. The fourth-order valence-corrected chi connectivity index (χ4v) is 1.94. The van der Waals surface area contributed by atoms with Crippen molar-refractivity contribution in [3.05, 3.63) is 60.0 Å². The van der Waals surface area contributed by atoms with Gasteiger partial charge in [0.05, 0.1) is 11.9 Å². The van der Waals surface area contributed by atoms with Gasteiger partial charge < -0.3 is 10.3 Å². The maximum absolute atomic E-state index is 12.1. The Morgan fingerprint density at radius 2 is 2.05 bits per heavy atom. The van der Waals surface area contributed by atoms with Crippen molar-refractivity contribution in [2.45, 2.75) is 6.92 Å². The molecule has 0 atom stereocenters. The highest BCUT2D eigenvalue weighted by atomic mass is 16.1. The summed E-state index contributed by atoms with van der Waals surface area (Å²) in [4.78, 5) is 19.3. The van der Waals surface area contributed by atoms with Crippen LogP contribution in [0.1, 0.15) is 16.2 Å². The first-order valence-electron chi connectivity index (χ1n) is 6.04. The molecule has 0 aliphatic rings. The molecular formula is C15H13N3O. The highest BCUT2D eigenvalue weighted by molar-refractivity contribution is 6.05. The van der Waals surface area contributed by atoms with E-state index in [1.807, 2.05) is 49.4 Å². The minimum absolute atomic E-state index is 0.165. The molecule has 0 bridgehead atoms. The number of carbonyl (C=O) groups is 1. The molecule has 19 heavy (non-hydrogen) atoms. The van der Waals surface area contributed by atoms with E-state index in [4.69, 9.17) is 0 Å². The molecule has 0 fully saturated rings. The molecule has 1 amide bonds. The molecule has 0 saturated heterocycles. The van der Waals surface area contributed by atoms with Gasteiger partial charge in [-0.15, -0.1) is 0 Å². The van der Waals surface area contributed by atoms with Gasteiger partial charge in [-0.1, -0.05) is 18.2 Å². The molecule has 0 aliphatic heterocycles. The van der Waals surface area contributed by atoms with E-state index in [9.17, 15) is 4.79 Å². The monoisotopic (exact) mass is 251 g/mol. The number of nitrogens with zero attached hydrogens (tertiary/aromatic N) is 1. The number of hydrogen-bond donors (Lipinski definition) is 2. The van der Waals surface area contributed by atoms with Crippen molar-refractivity contribution in [1.82, 2.24) is 9.97 Å². The minimum atomic E-state index is -0.165. The SMILES string of the molecule is Cc1ccc(NC(=O)c2cc3ccccc3[nH]2)cn1. The van der Waals surface area contributed by atoms with Gasteiger partial charge in [0.15, 0.2) is 0 Å². The summed E-state index contributed by atoms with van der Waals surface area (Å²) in [5, 5.41) is 3.84. The van der Waals surface area contributed by atoms with Crippen molar-refractivity contribution in [2.75, 3.05) is 5.32 Å². The van der Waals surface area contributed by atoms with Crippen molar-refractivity contribution in [1.29, 1.82) is 0 Å². The molecule has 1 aromatic carbocycles. The molecule has 0 aliphatic carbocycles. The summed E-state index contributed by atoms with van der Waals surface area (Å²) in [5.74, 6) is -0.165. The second-order valence-corrected chi connectivity index (χ2v) is 4.41. The van der Waals surface area contributed by atoms with E-state index in [2.05, 4.69) is 15.3 Å². The predicted octanol–water partition coefficient (Wildman–Crippen LogP) is 3.12. The van der Waals surface area contributed by atoms with Crippen LogP contribution in [0.5, 0.6) is 0 Å². The van der Waals surface area contributed by atoms with Crippen LogP contribution in [0.25, 0.3) is 10.9 Å². The van der Waals surface area contributed by atoms with Crippen LogP contribution in [0.15, 0.2) is 48.7 Å². The highest BCUT2D eigenvalue weighted by Crippen LogP contribution is 2.16. The number of nitrogens with one attached hydrogen (secondary N) is 2. The number of hydrogen-bond acceptors (Lipinski definition) is 2. The van der Waals surface area contributed by atoms with Crippen molar-refractivity contribution < 1.29 is 4.79 Å². The second-order valence-electron chi connectivity index (χ2n) is 4.41. The van der Waals surface area contributed by atoms with Gasteiger partial charge in [-0.3, -0.25) is 9.78 Å². The molecule has 0 unspecified atom stereocenters. The van der Waals surface area contributed by atoms with Crippen LogP contribution in [0.3, 0.4) is 0 Å². The molecule has 0 radical (unpaired) electrons. The number of amides is 1. The third-order valence-electron chi connectivity index (χ3n) is 2.94. The Labute approximate surface area is 110 Å². The highest BCUT2D eigenvalue weighted by Gasteiger charge is 2.09. The molecule has 2 aromatic heterocycles. The summed E-state index contributed by atoms with van der Waals surface area (Å²) in [7, 11) is 0.